The van der Waals surface area contributed by atoms with Gasteiger partial charge in [-0.1, -0.05) is 13.0 Å². The molecule has 4 atom stereocenters. The Morgan fingerprint density at radius 3 is 3.00 bits per heavy atom. The van der Waals surface area contributed by atoms with Gasteiger partial charge in [-0.25, -0.2) is 9.37 Å². The van der Waals surface area contributed by atoms with Crippen molar-refractivity contribution in [3.63, 3.8) is 0 Å². The minimum atomic E-state index is -0.950. The lowest BCUT2D eigenvalue weighted by Crippen LogP contribution is -2.39. The summed E-state index contributed by atoms with van der Waals surface area (Å²) in [6.07, 6.45) is 7.89. The molecular weight excluding hydrogens is 485 g/mol. The molecule has 0 spiro atoms. The van der Waals surface area contributed by atoms with E-state index in [2.05, 4.69) is 17.4 Å². The number of unbranched alkanes of at least 4 members (excludes halogenated alkanes) is 1. The number of aliphatic carboxylic acids is 1. The van der Waals surface area contributed by atoms with Crippen LogP contribution >= 0.6 is 0 Å². The molecule has 3 heterocycles. The number of likely N-dealkylation sites (N-methyl/N-ethyl adjacent to an activating group) is 1. The van der Waals surface area contributed by atoms with E-state index in [1.54, 1.807) is 0 Å². The molecule has 3 aliphatic rings. The number of carboxylic acid groups (broad SMARTS) is 1. The van der Waals surface area contributed by atoms with Crippen LogP contribution in [0.2, 0.25) is 0 Å². The van der Waals surface area contributed by atoms with Crippen LogP contribution in [-0.4, -0.2) is 59.9 Å². The molecule has 0 saturated heterocycles. The van der Waals surface area contributed by atoms with Crippen LogP contribution in [0.5, 0.6) is 0 Å². The number of aromatic nitrogens is 1. The van der Waals surface area contributed by atoms with Gasteiger partial charge in [-0.15, -0.1) is 0 Å². The fourth-order valence-corrected chi connectivity index (χ4v) is 6.42. The van der Waals surface area contributed by atoms with Crippen molar-refractivity contribution in [3.8, 4) is 0 Å². The Morgan fingerprint density at radius 1 is 1.29 bits per heavy atom. The van der Waals surface area contributed by atoms with E-state index in [1.807, 2.05) is 18.9 Å². The molecule has 38 heavy (non-hydrogen) atoms. The number of nitrogens with one attached hydrogen (secondary N) is 1. The lowest BCUT2D eigenvalue weighted by Gasteiger charge is -2.34. The number of benzene rings is 1. The number of hydrogen-bond donors (Lipinski definition) is 2. The molecular formula is C30H40FN3O4. The quantitative estimate of drug-likeness (QED) is 0.411. The van der Waals surface area contributed by atoms with Crippen LogP contribution in [-0.2, 0) is 33.7 Å². The second-order valence-electron chi connectivity index (χ2n) is 11.1. The Hall–Kier alpha value is -2.55. The third kappa shape index (κ3) is 6.03. The lowest BCUT2D eigenvalue weighted by atomic mass is 9.86. The van der Waals surface area contributed by atoms with Crippen LogP contribution in [0.1, 0.15) is 85.4 Å². The summed E-state index contributed by atoms with van der Waals surface area (Å²) in [4.78, 5) is 19.2. The van der Waals surface area contributed by atoms with Gasteiger partial charge in [0.15, 0.2) is 0 Å². The highest BCUT2D eigenvalue weighted by Crippen LogP contribution is 2.38. The van der Waals surface area contributed by atoms with Crippen LogP contribution in [0.15, 0.2) is 24.3 Å². The standard InChI is InChI=1S/C30H40FN3O4/c1-19-17-37-18-21-14-22(31)15-26(27(19)21)28(30(35)36)34(2)24-10-11-25(16-24)38-13-4-3-7-23-9-8-20-6-5-12-32-29(20)33-23/h8-9,14-15,19,24-25,28H,3-7,10-13,16-18H2,1-2H3,(H,32,33)(H,35,36)/t19-,24+,25+,28?/m1/s1. The number of carboxylic acids is 1. The molecule has 2 aromatic rings. The van der Waals surface area contributed by atoms with E-state index in [0.717, 1.165) is 74.1 Å². The van der Waals surface area contributed by atoms with E-state index in [4.69, 9.17) is 14.5 Å². The number of nitrogens with zero attached hydrogens (tertiary/aromatic N) is 2. The van der Waals surface area contributed by atoms with Gasteiger partial charge in [-0.3, -0.25) is 9.69 Å². The topological polar surface area (TPSA) is 83.9 Å². The van der Waals surface area contributed by atoms with Crippen molar-refractivity contribution in [2.24, 2.45) is 0 Å². The van der Waals surface area contributed by atoms with Gasteiger partial charge < -0.3 is 19.9 Å². The predicted octanol–water partition coefficient (Wildman–Crippen LogP) is 5.23. The average molecular weight is 526 g/mol. The van der Waals surface area contributed by atoms with E-state index < -0.39 is 17.8 Å². The van der Waals surface area contributed by atoms with Gasteiger partial charge in [-0.05, 0) is 98.9 Å². The van der Waals surface area contributed by atoms with Crippen molar-refractivity contribution in [1.29, 1.82) is 0 Å². The number of hydrogen-bond acceptors (Lipinski definition) is 6. The maximum absolute atomic E-state index is 14.5. The minimum absolute atomic E-state index is 0.0250. The van der Waals surface area contributed by atoms with E-state index >= 15 is 0 Å². The molecule has 2 N–H and O–H groups in total. The summed E-state index contributed by atoms with van der Waals surface area (Å²) in [6.45, 7) is 4.54. The number of aryl methyl sites for hydroxylation is 2. The lowest BCUT2D eigenvalue weighted by molar-refractivity contribution is -0.144. The van der Waals surface area contributed by atoms with Crippen molar-refractivity contribution >= 4 is 11.8 Å². The number of halogens is 1. The zero-order valence-electron chi connectivity index (χ0n) is 22.5. The highest BCUT2D eigenvalue weighted by molar-refractivity contribution is 5.76. The van der Waals surface area contributed by atoms with Gasteiger partial charge in [0.2, 0.25) is 0 Å². The number of carbonyl (C=O) groups is 1. The number of fused-ring (bicyclic) bond motifs is 2. The molecule has 5 rings (SSSR count). The average Bonchev–Trinajstić information content (AvgIpc) is 3.37. The van der Waals surface area contributed by atoms with Crippen LogP contribution in [0, 0.1) is 5.82 Å². The van der Waals surface area contributed by atoms with Crippen LogP contribution in [0.4, 0.5) is 10.2 Å². The molecule has 1 unspecified atom stereocenters. The molecule has 1 aliphatic carbocycles. The number of ether oxygens (including phenoxy) is 2. The molecule has 0 bridgehead atoms. The second kappa shape index (κ2) is 12.1. The first-order chi connectivity index (χ1) is 18.4. The van der Waals surface area contributed by atoms with Crippen molar-refractivity contribution in [2.45, 2.75) is 89.0 Å². The maximum atomic E-state index is 14.5. The van der Waals surface area contributed by atoms with Crippen molar-refractivity contribution in [3.05, 3.63) is 58.0 Å². The largest absolute Gasteiger partial charge is 0.480 e. The fourth-order valence-electron chi connectivity index (χ4n) is 6.42. The van der Waals surface area contributed by atoms with Crippen molar-refractivity contribution in [1.82, 2.24) is 9.88 Å². The molecule has 1 fully saturated rings. The molecule has 1 aromatic heterocycles. The predicted molar refractivity (Wildman–Crippen MR) is 144 cm³/mol. The zero-order valence-corrected chi connectivity index (χ0v) is 22.5. The Labute approximate surface area is 224 Å². The van der Waals surface area contributed by atoms with Crippen molar-refractivity contribution in [2.75, 3.05) is 32.1 Å². The Kier molecular flexibility index (Phi) is 8.61. The summed E-state index contributed by atoms with van der Waals surface area (Å²) in [7, 11) is 1.85. The fraction of sp³-hybridized carbons (Fsp3) is 0.600. The molecule has 8 heteroatoms. The first-order valence-electron chi connectivity index (χ1n) is 14.1. The summed E-state index contributed by atoms with van der Waals surface area (Å²) in [6, 6.07) is 6.41. The Balaban J connectivity index is 1.13. The minimum Gasteiger partial charge on any atom is -0.480 e. The summed E-state index contributed by atoms with van der Waals surface area (Å²) in [5, 5.41) is 13.6. The summed E-state index contributed by atoms with van der Waals surface area (Å²) in [5.74, 6) is -0.288. The van der Waals surface area contributed by atoms with Crippen LogP contribution in [0.25, 0.3) is 0 Å². The molecule has 0 amide bonds. The zero-order chi connectivity index (χ0) is 26.6. The monoisotopic (exact) mass is 525 g/mol. The van der Waals surface area contributed by atoms with Gasteiger partial charge in [0.25, 0.3) is 0 Å². The molecule has 7 nitrogen and oxygen atoms in total. The number of rotatable bonds is 10. The van der Waals surface area contributed by atoms with Crippen molar-refractivity contribution < 1.29 is 23.8 Å². The van der Waals surface area contributed by atoms with E-state index in [9.17, 15) is 14.3 Å². The number of anilines is 1. The second-order valence-corrected chi connectivity index (χ2v) is 11.1. The molecule has 0 radical (unpaired) electrons. The van der Waals surface area contributed by atoms with Gasteiger partial charge in [-0.2, -0.15) is 0 Å². The van der Waals surface area contributed by atoms with Crippen LogP contribution < -0.4 is 5.32 Å². The smallest absolute Gasteiger partial charge is 0.325 e. The van der Waals surface area contributed by atoms with Gasteiger partial charge in [0, 0.05) is 30.8 Å². The summed E-state index contributed by atoms with van der Waals surface area (Å²) < 4.78 is 26.3. The highest BCUT2D eigenvalue weighted by atomic mass is 19.1. The van der Waals surface area contributed by atoms with Gasteiger partial charge in [0.05, 0.1) is 19.3 Å². The normalized spacial score (nSPS) is 23.5. The molecule has 1 aromatic carbocycles. The van der Waals surface area contributed by atoms with E-state index in [0.29, 0.717) is 25.4 Å². The first-order valence-corrected chi connectivity index (χ1v) is 14.1. The highest BCUT2D eigenvalue weighted by Gasteiger charge is 2.38. The van der Waals surface area contributed by atoms with E-state index in [1.165, 1.54) is 24.1 Å². The SMILES string of the molecule is C[C@@H]1COCc2cc(F)cc(C(C(=O)O)N(C)[C@H]3CC[C@H](OCCCCc4ccc5c(n4)NCCC5)C3)c21. The third-order valence-electron chi connectivity index (χ3n) is 8.38. The summed E-state index contributed by atoms with van der Waals surface area (Å²) >= 11 is 0. The first kappa shape index (κ1) is 27.0. The molecule has 2 aliphatic heterocycles. The van der Waals surface area contributed by atoms with Crippen LogP contribution in [0.3, 0.4) is 0 Å². The Morgan fingerprint density at radius 2 is 2.16 bits per heavy atom. The Bertz CT molecular complexity index is 1140. The van der Waals surface area contributed by atoms with Gasteiger partial charge >= 0.3 is 5.97 Å². The third-order valence-corrected chi connectivity index (χ3v) is 8.38. The van der Waals surface area contributed by atoms with Gasteiger partial charge in [0.1, 0.15) is 17.7 Å². The number of pyridine rings is 1. The maximum Gasteiger partial charge on any atom is 0.325 e. The summed E-state index contributed by atoms with van der Waals surface area (Å²) in [5.41, 5.74) is 4.68. The molecule has 1 saturated carbocycles. The molecule has 206 valence electrons. The van der Waals surface area contributed by atoms with E-state index in [-0.39, 0.29) is 18.1 Å².